The minimum atomic E-state index is 0.236. The van der Waals surface area contributed by atoms with E-state index in [1.165, 1.54) is 5.56 Å². The Kier molecular flexibility index (Phi) is 4.66. The molecule has 25 heavy (non-hydrogen) atoms. The van der Waals surface area contributed by atoms with Crippen molar-refractivity contribution in [1.82, 2.24) is 0 Å². The Labute approximate surface area is 152 Å². The van der Waals surface area contributed by atoms with E-state index in [2.05, 4.69) is 78.1 Å². The molecule has 0 aromatic heterocycles. The number of benzene rings is 3. The fourth-order valence-corrected chi connectivity index (χ4v) is 3.81. The van der Waals surface area contributed by atoms with Gasteiger partial charge in [-0.15, -0.1) is 0 Å². The molecule has 1 N–H and O–H groups in total. The number of nitrogens with zero attached hydrogens (tertiary/aromatic N) is 1. The molecular weight excluding hydrogens is 324 g/mol. The monoisotopic (exact) mass is 342 g/mol. The van der Waals surface area contributed by atoms with Gasteiger partial charge in [-0.2, -0.15) is 0 Å². The molecule has 0 amide bonds. The number of aliphatic imine (C=N–C) groups is 1. The van der Waals surface area contributed by atoms with Crippen LogP contribution in [0.5, 0.6) is 0 Å². The highest BCUT2D eigenvalue weighted by Crippen LogP contribution is 2.38. The van der Waals surface area contributed by atoms with Gasteiger partial charge in [0.05, 0.1) is 10.9 Å². The largest absolute Gasteiger partial charge is 0.335 e. The maximum atomic E-state index is 4.85. The summed E-state index contributed by atoms with van der Waals surface area (Å²) in [4.78, 5) is 4.85. The van der Waals surface area contributed by atoms with Crippen LogP contribution in [0.15, 0.2) is 102 Å². The molecule has 1 unspecified atom stereocenters. The van der Waals surface area contributed by atoms with Gasteiger partial charge < -0.3 is 5.32 Å². The summed E-state index contributed by atoms with van der Waals surface area (Å²) in [7, 11) is 0. The van der Waals surface area contributed by atoms with Gasteiger partial charge in [-0.25, -0.2) is 4.99 Å². The van der Waals surface area contributed by atoms with Gasteiger partial charge >= 0.3 is 0 Å². The van der Waals surface area contributed by atoms with E-state index in [9.17, 15) is 0 Å². The van der Waals surface area contributed by atoms with Gasteiger partial charge in [-0.05, 0) is 29.3 Å². The summed E-state index contributed by atoms with van der Waals surface area (Å²) in [6, 6.07) is 31.1. The van der Waals surface area contributed by atoms with E-state index in [4.69, 9.17) is 4.99 Å². The van der Waals surface area contributed by atoms with Crippen LogP contribution >= 0.6 is 11.8 Å². The Morgan fingerprint density at radius 1 is 0.720 bits per heavy atom. The van der Waals surface area contributed by atoms with Crippen LogP contribution in [0, 0.1) is 0 Å². The van der Waals surface area contributed by atoms with E-state index in [1.807, 2.05) is 24.3 Å². The lowest BCUT2D eigenvalue weighted by Gasteiger charge is -2.22. The van der Waals surface area contributed by atoms with E-state index in [0.717, 1.165) is 22.1 Å². The first-order valence-corrected chi connectivity index (χ1v) is 9.16. The van der Waals surface area contributed by atoms with Gasteiger partial charge in [0.25, 0.3) is 0 Å². The van der Waals surface area contributed by atoms with Crippen molar-refractivity contribution < 1.29 is 0 Å². The zero-order valence-corrected chi connectivity index (χ0v) is 14.5. The highest BCUT2D eigenvalue weighted by atomic mass is 32.2. The van der Waals surface area contributed by atoms with Gasteiger partial charge in [0.1, 0.15) is 0 Å². The van der Waals surface area contributed by atoms with Crippen LogP contribution in [0.3, 0.4) is 0 Å². The number of para-hydroxylation sites is 1. The minimum absolute atomic E-state index is 0.236. The molecule has 3 heteroatoms. The molecule has 122 valence electrons. The molecule has 3 aromatic rings. The average molecular weight is 342 g/mol. The molecule has 2 nitrogen and oxygen atoms in total. The van der Waals surface area contributed by atoms with E-state index in [0.29, 0.717) is 0 Å². The van der Waals surface area contributed by atoms with Crippen LogP contribution in [0.2, 0.25) is 0 Å². The summed E-state index contributed by atoms with van der Waals surface area (Å²) in [6.07, 6.45) is 2.24. The first kappa shape index (κ1) is 15.7. The number of amidine groups is 1. The van der Waals surface area contributed by atoms with Gasteiger partial charge in [-0.3, -0.25) is 0 Å². The number of rotatable bonds is 3. The second kappa shape index (κ2) is 7.41. The standard InChI is InChI=1S/C22H18N2S/c1-4-10-17(11-5-1)20-16-21(18-12-6-2-7-13-18)25-22(24-20)23-19-14-8-3-9-15-19/h1-16,21H,(H,23,24). The van der Waals surface area contributed by atoms with Crippen molar-refractivity contribution >= 4 is 28.3 Å². The van der Waals surface area contributed by atoms with Crippen LogP contribution < -0.4 is 5.32 Å². The molecule has 1 atom stereocenters. The maximum Gasteiger partial charge on any atom is 0.167 e. The number of nitrogens with one attached hydrogen (secondary N) is 1. The first-order chi connectivity index (χ1) is 12.4. The third-order valence-electron chi connectivity index (χ3n) is 3.99. The molecule has 0 saturated heterocycles. The van der Waals surface area contributed by atoms with E-state index < -0.39 is 0 Å². The number of thioether (sulfide) groups is 1. The lowest BCUT2D eigenvalue weighted by molar-refractivity contribution is 1.22. The number of hydrogen-bond acceptors (Lipinski definition) is 3. The molecule has 0 fully saturated rings. The van der Waals surface area contributed by atoms with Crippen molar-refractivity contribution in [3.8, 4) is 0 Å². The predicted octanol–water partition coefficient (Wildman–Crippen LogP) is 5.98. The summed E-state index contributed by atoms with van der Waals surface area (Å²) in [5.74, 6) is 0. The van der Waals surface area contributed by atoms with Crippen LogP contribution in [-0.2, 0) is 0 Å². The summed E-state index contributed by atoms with van der Waals surface area (Å²) < 4.78 is 0. The highest BCUT2D eigenvalue weighted by molar-refractivity contribution is 8.14. The quantitative estimate of drug-likeness (QED) is 0.633. The Bertz CT molecular complexity index is 887. The SMILES string of the molecule is C1=C(c2ccccc2)N=C(Nc2ccccc2)SC1c1ccccc1. The van der Waals surface area contributed by atoms with Crippen LogP contribution in [-0.4, -0.2) is 5.17 Å². The van der Waals surface area contributed by atoms with Crippen LogP contribution in [0.1, 0.15) is 16.4 Å². The maximum absolute atomic E-state index is 4.85. The summed E-state index contributed by atoms with van der Waals surface area (Å²) in [5, 5.41) is 4.61. The van der Waals surface area contributed by atoms with E-state index in [1.54, 1.807) is 11.8 Å². The van der Waals surface area contributed by atoms with E-state index in [-0.39, 0.29) is 5.25 Å². The zero-order valence-electron chi connectivity index (χ0n) is 13.7. The predicted molar refractivity (Wildman–Crippen MR) is 109 cm³/mol. The van der Waals surface area contributed by atoms with Crippen molar-refractivity contribution in [2.45, 2.75) is 5.25 Å². The van der Waals surface area contributed by atoms with Crippen molar-refractivity contribution in [3.05, 3.63) is 108 Å². The lowest BCUT2D eigenvalue weighted by atomic mass is 10.1. The molecule has 3 aromatic carbocycles. The van der Waals surface area contributed by atoms with Gasteiger partial charge in [0, 0.05) is 5.69 Å². The van der Waals surface area contributed by atoms with Gasteiger partial charge in [0.2, 0.25) is 0 Å². The van der Waals surface area contributed by atoms with Gasteiger partial charge in [0.15, 0.2) is 5.17 Å². The second-order valence-corrected chi connectivity index (χ2v) is 6.91. The molecule has 1 aliphatic heterocycles. The van der Waals surface area contributed by atoms with Crippen LogP contribution in [0.4, 0.5) is 5.69 Å². The summed E-state index contributed by atoms with van der Waals surface area (Å²) in [6.45, 7) is 0. The van der Waals surface area contributed by atoms with Crippen molar-refractivity contribution in [2.24, 2.45) is 4.99 Å². The average Bonchev–Trinajstić information content (AvgIpc) is 2.70. The fourth-order valence-electron chi connectivity index (χ4n) is 2.75. The summed E-state index contributed by atoms with van der Waals surface area (Å²) >= 11 is 1.74. The Morgan fingerprint density at radius 3 is 2.00 bits per heavy atom. The normalized spacial score (nSPS) is 16.7. The fraction of sp³-hybridized carbons (Fsp3) is 0.0455. The third kappa shape index (κ3) is 3.83. The zero-order chi connectivity index (χ0) is 16.9. The first-order valence-electron chi connectivity index (χ1n) is 8.28. The number of anilines is 1. The van der Waals surface area contributed by atoms with E-state index >= 15 is 0 Å². The third-order valence-corrected chi connectivity index (χ3v) is 5.07. The molecule has 1 heterocycles. The molecule has 0 aliphatic carbocycles. The van der Waals surface area contributed by atoms with Crippen molar-refractivity contribution in [2.75, 3.05) is 5.32 Å². The van der Waals surface area contributed by atoms with Crippen molar-refractivity contribution in [1.29, 1.82) is 0 Å². The lowest BCUT2D eigenvalue weighted by Crippen LogP contribution is -2.13. The molecule has 0 spiro atoms. The molecule has 0 bridgehead atoms. The summed E-state index contributed by atoms with van der Waals surface area (Å²) in [5.41, 5.74) is 4.47. The van der Waals surface area contributed by atoms with Crippen molar-refractivity contribution in [3.63, 3.8) is 0 Å². The molecule has 0 radical (unpaired) electrons. The minimum Gasteiger partial charge on any atom is -0.335 e. The van der Waals surface area contributed by atoms with Gasteiger partial charge in [-0.1, -0.05) is 90.6 Å². The molecule has 1 aliphatic rings. The molecular formula is C22H18N2S. The smallest absolute Gasteiger partial charge is 0.167 e. The molecule has 0 saturated carbocycles. The second-order valence-electron chi connectivity index (χ2n) is 5.78. The number of hydrogen-bond donors (Lipinski definition) is 1. The Hall–Kier alpha value is -2.78. The highest BCUT2D eigenvalue weighted by Gasteiger charge is 2.20. The van der Waals surface area contributed by atoms with Crippen LogP contribution in [0.25, 0.3) is 5.70 Å². The Balaban J connectivity index is 1.69. The Morgan fingerprint density at radius 2 is 1.32 bits per heavy atom. The topological polar surface area (TPSA) is 24.4 Å². The molecule has 4 rings (SSSR count).